The van der Waals surface area contributed by atoms with Crippen LogP contribution >= 0.6 is 0 Å². The van der Waals surface area contributed by atoms with Crippen molar-refractivity contribution in [1.29, 1.82) is 0 Å². The molecule has 0 bridgehead atoms. The lowest BCUT2D eigenvalue weighted by molar-refractivity contribution is -0.124. The maximum Gasteiger partial charge on any atom is 0.275 e. The van der Waals surface area contributed by atoms with Gasteiger partial charge in [0.2, 0.25) is 5.91 Å². The normalized spacial score (nSPS) is 17.1. The van der Waals surface area contributed by atoms with Crippen molar-refractivity contribution < 1.29 is 9.59 Å². The van der Waals surface area contributed by atoms with Gasteiger partial charge in [0.15, 0.2) is 5.69 Å². The summed E-state index contributed by atoms with van der Waals surface area (Å²) in [7, 11) is 0. The maximum absolute atomic E-state index is 12.8. The molecule has 1 aliphatic rings. The molecule has 0 unspecified atom stereocenters. The number of hydrogen-bond acceptors (Lipinski definition) is 4. The van der Waals surface area contributed by atoms with E-state index >= 15 is 0 Å². The third kappa shape index (κ3) is 3.63. The molecular weight excluding hydrogens is 332 g/mol. The van der Waals surface area contributed by atoms with Crippen molar-refractivity contribution in [3.05, 3.63) is 35.7 Å². The average Bonchev–Trinajstić information content (AvgIpc) is 3.35. The molecule has 0 aliphatic carbocycles. The van der Waals surface area contributed by atoms with Gasteiger partial charge in [-0.1, -0.05) is 13.8 Å². The van der Waals surface area contributed by atoms with Crippen molar-refractivity contribution in [3.63, 3.8) is 0 Å². The number of imidazole rings is 1. The Hall–Kier alpha value is -2.64. The lowest BCUT2D eigenvalue weighted by Gasteiger charge is -2.22. The topological polar surface area (TPSA) is 95.9 Å². The van der Waals surface area contributed by atoms with Crippen LogP contribution in [0.1, 0.15) is 61.5 Å². The lowest BCUT2D eigenvalue weighted by Crippen LogP contribution is -2.46. The molecule has 2 aromatic heterocycles. The fourth-order valence-corrected chi connectivity index (χ4v) is 3.41. The molecule has 2 N–H and O–H groups in total. The summed E-state index contributed by atoms with van der Waals surface area (Å²) in [6.45, 7) is 7.79. The predicted molar refractivity (Wildman–Crippen MR) is 96.7 cm³/mol. The Bertz CT molecular complexity index is 778. The molecule has 26 heavy (non-hydrogen) atoms. The number of aromatic nitrogens is 4. The van der Waals surface area contributed by atoms with E-state index in [1.54, 1.807) is 17.2 Å². The van der Waals surface area contributed by atoms with Gasteiger partial charge in [0.25, 0.3) is 5.91 Å². The molecule has 1 aliphatic heterocycles. The number of nitrogens with one attached hydrogen (secondary N) is 2. The first-order valence-electron chi connectivity index (χ1n) is 9.15. The zero-order chi connectivity index (χ0) is 18.7. The van der Waals surface area contributed by atoms with Crippen LogP contribution in [0.2, 0.25) is 0 Å². The second kappa shape index (κ2) is 7.72. The molecule has 8 heteroatoms. The van der Waals surface area contributed by atoms with E-state index in [-0.39, 0.29) is 11.8 Å². The fourth-order valence-electron chi connectivity index (χ4n) is 3.41. The number of aromatic amines is 1. The Morgan fingerprint density at radius 1 is 1.42 bits per heavy atom. The van der Waals surface area contributed by atoms with Gasteiger partial charge in [0.05, 0.1) is 12.2 Å². The summed E-state index contributed by atoms with van der Waals surface area (Å²) in [6.07, 6.45) is 5.22. The van der Waals surface area contributed by atoms with Gasteiger partial charge in [-0.05, 0) is 25.8 Å². The van der Waals surface area contributed by atoms with Crippen molar-refractivity contribution in [1.82, 2.24) is 30.0 Å². The minimum Gasteiger partial charge on any atom is -0.355 e. The van der Waals surface area contributed by atoms with Crippen LogP contribution in [0.4, 0.5) is 0 Å². The highest BCUT2D eigenvalue weighted by Crippen LogP contribution is 2.20. The van der Waals surface area contributed by atoms with Gasteiger partial charge in [-0.2, -0.15) is 5.10 Å². The first-order chi connectivity index (χ1) is 12.5. The molecule has 0 aromatic carbocycles. The van der Waals surface area contributed by atoms with Crippen LogP contribution < -0.4 is 5.32 Å². The zero-order valence-electron chi connectivity index (χ0n) is 15.5. The first-order valence-corrected chi connectivity index (χ1v) is 9.15. The number of hydrogen-bond donors (Lipinski definition) is 2. The highest BCUT2D eigenvalue weighted by molar-refractivity contribution is 5.96. The second-order valence-electron chi connectivity index (χ2n) is 6.90. The molecule has 0 saturated carbocycles. The molecule has 0 spiro atoms. The lowest BCUT2D eigenvalue weighted by atomic mass is 10.2. The van der Waals surface area contributed by atoms with E-state index in [9.17, 15) is 9.59 Å². The minimum atomic E-state index is -0.399. The van der Waals surface area contributed by atoms with Crippen LogP contribution in [-0.4, -0.2) is 55.6 Å². The number of likely N-dealkylation sites (tertiary alicyclic amines) is 1. The van der Waals surface area contributed by atoms with Crippen LogP contribution in [0.25, 0.3) is 0 Å². The third-order valence-corrected chi connectivity index (χ3v) is 4.62. The molecular formula is C18H26N6O2. The summed E-state index contributed by atoms with van der Waals surface area (Å²) >= 11 is 0. The van der Waals surface area contributed by atoms with Crippen molar-refractivity contribution in [2.24, 2.45) is 0 Å². The number of likely N-dealkylation sites (N-methyl/N-ethyl adjacent to an activating group) is 1. The molecule has 8 nitrogen and oxygen atoms in total. The molecule has 1 atom stereocenters. The molecule has 1 saturated heterocycles. The smallest absolute Gasteiger partial charge is 0.275 e. The maximum atomic E-state index is 12.8. The van der Waals surface area contributed by atoms with Gasteiger partial charge in [0.1, 0.15) is 11.9 Å². The van der Waals surface area contributed by atoms with Gasteiger partial charge in [0, 0.05) is 31.4 Å². The van der Waals surface area contributed by atoms with Crippen molar-refractivity contribution in [3.8, 4) is 0 Å². The Balaban J connectivity index is 1.71. The minimum absolute atomic E-state index is 0.0888. The van der Waals surface area contributed by atoms with E-state index in [1.807, 2.05) is 17.7 Å². The third-order valence-electron chi connectivity index (χ3n) is 4.62. The van der Waals surface area contributed by atoms with Crippen LogP contribution in [0.3, 0.4) is 0 Å². The summed E-state index contributed by atoms with van der Waals surface area (Å²) in [6, 6.07) is 1.36. The number of nitrogens with zero attached hydrogens (tertiary/aromatic N) is 4. The van der Waals surface area contributed by atoms with Crippen LogP contribution in [0.5, 0.6) is 0 Å². The van der Waals surface area contributed by atoms with E-state index in [0.717, 1.165) is 17.9 Å². The Kier molecular flexibility index (Phi) is 5.39. The molecule has 3 heterocycles. The standard InChI is InChI=1S/C18H26N6O2/c1-4-19-17(25)15-6-5-8-24(15)18(26)14-10-13(21-22-14)11-23-9-7-20-16(23)12(2)3/h7,9-10,12,15H,4-6,8,11H2,1-3H3,(H,19,25)(H,21,22)/t15-/m0/s1. The molecule has 3 rings (SSSR count). The summed E-state index contributed by atoms with van der Waals surface area (Å²) < 4.78 is 2.04. The second-order valence-corrected chi connectivity index (χ2v) is 6.90. The van der Waals surface area contributed by atoms with E-state index in [1.165, 1.54) is 0 Å². The highest BCUT2D eigenvalue weighted by Gasteiger charge is 2.35. The van der Waals surface area contributed by atoms with Crippen molar-refractivity contribution >= 4 is 11.8 Å². The molecule has 1 fully saturated rings. The average molecular weight is 358 g/mol. The number of carbonyl (C=O) groups is 2. The fraction of sp³-hybridized carbons (Fsp3) is 0.556. The van der Waals surface area contributed by atoms with E-state index in [4.69, 9.17) is 0 Å². The van der Waals surface area contributed by atoms with Crippen LogP contribution in [-0.2, 0) is 11.3 Å². The number of H-pyrrole nitrogens is 1. The van der Waals surface area contributed by atoms with Gasteiger partial charge < -0.3 is 14.8 Å². The SMILES string of the molecule is CCNC(=O)[C@@H]1CCCN1C(=O)c1cc(Cn2ccnc2C(C)C)[nH]n1. The summed E-state index contributed by atoms with van der Waals surface area (Å²) in [4.78, 5) is 31.0. The van der Waals surface area contributed by atoms with E-state index in [0.29, 0.717) is 37.7 Å². The van der Waals surface area contributed by atoms with E-state index < -0.39 is 6.04 Å². The van der Waals surface area contributed by atoms with Crippen molar-refractivity contribution in [2.75, 3.05) is 13.1 Å². The highest BCUT2D eigenvalue weighted by atomic mass is 16.2. The Labute approximate surface area is 153 Å². The van der Waals surface area contributed by atoms with Crippen LogP contribution in [0, 0.1) is 0 Å². The first kappa shape index (κ1) is 18.2. The van der Waals surface area contributed by atoms with Crippen molar-refractivity contribution in [2.45, 2.75) is 52.1 Å². The predicted octanol–water partition coefficient (Wildman–Crippen LogP) is 1.52. The summed E-state index contributed by atoms with van der Waals surface area (Å²) in [5.74, 6) is 1.02. The van der Waals surface area contributed by atoms with Crippen LogP contribution in [0.15, 0.2) is 18.5 Å². The molecule has 2 amide bonds. The Morgan fingerprint density at radius 3 is 2.96 bits per heavy atom. The Morgan fingerprint density at radius 2 is 2.23 bits per heavy atom. The molecule has 0 radical (unpaired) electrons. The molecule has 2 aromatic rings. The zero-order valence-corrected chi connectivity index (χ0v) is 15.5. The van der Waals surface area contributed by atoms with Gasteiger partial charge in [-0.3, -0.25) is 14.7 Å². The number of amides is 2. The summed E-state index contributed by atoms with van der Waals surface area (Å²) in [5.41, 5.74) is 1.18. The van der Waals surface area contributed by atoms with Gasteiger partial charge in [-0.25, -0.2) is 4.98 Å². The number of rotatable bonds is 6. The monoisotopic (exact) mass is 358 g/mol. The summed E-state index contributed by atoms with van der Waals surface area (Å²) in [5, 5.41) is 9.92. The van der Waals surface area contributed by atoms with Gasteiger partial charge in [-0.15, -0.1) is 0 Å². The van der Waals surface area contributed by atoms with E-state index in [2.05, 4.69) is 34.3 Å². The van der Waals surface area contributed by atoms with Gasteiger partial charge >= 0.3 is 0 Å². The quantitative estimate of drug-likeness (QED) is 0.818. The molecule has 140 valence electrons. The number of carbonyl (C=O) groups excluding carboxylic acids is 2. The largest absolute Gasteiger partial charge is 0.355 e.